The Morgan fingerprint density at radius 1 is 1.76 bits per heavy atom. The highest BCUT2D eigenvalue weighted by Gasteiger charge is 2.12. The third kappa shape index (κ3) is 2.04. The molecule has 7 heteroatoms. The first-order chi connectivity index (χ1) is 7.99. The normalized spacial score (nSPS) is 12.8. The molecule has 0 aliphatic rings. The van der Waals surface area contributed by atoms with E-state index < -0.39 is 6.10 Å². The molecular weight excluding hydrogens is 222 g/mol. The highest BCUT2D eigenvalue weighted by molar-refractivity contribution is 5.70. The van der Waals surface area contributed by atoms with Gasteiger partial charge in [0.1, 0.15) is 0 Å². The molecule has 1 atom stereocenters. The van der Waals surface area contributed by atoms with Gasteiger partial charge in [0.2, 0.25) is 5.95 Å². The lowest BCUT2D eigenvalue weighted by atomic mass is 10.2. The largest absolute Gasteiger partial charge is 0.387 e. The Kier molecular flexibility index (Phi) is 2.68. The molecule has 0 amide bonds. The molecule has 0 bridgehead atoms. The average Bonchev–Trinajstić information content (AvgIpc) is 2.60. The van der Waals surface area contributed by atoms with E-state index in [0.29, 0.717) is 11.1 Å². The van der Waals surface area contributed by atoms with Crippen molar-refractivity contribution in [2.75, 3.05) is 5.73 Å². The lowest BCUT2D eigenvalue weighted by Crippen LogP contribution is -2.20. The number of aliphatic hydroxyl groups excluding tert-OH is 1. The molecule has 0 fully saturated rings. The first-order valence-corrected chi connectivity index (χ1v) is 5.03. The monoisotopic (exact) mass is 235 g/mol. The van der Waals surface area contributed by atoms with E-state index in [-0.39, 0.29) is 23.7 Å². The molecule has 1 unspecified atom stereocenters. The van der Waals surface area contributed by atoms with Crippen LogP contribution in [0.5, 0.6) is 0 Å². The number of aliphatic hydroxyl groups is 1. The van der Waals surface area contributed by atoms with Gasteiger partial charge in [-0.25, -0.2) is 4.98 Å². The third-order valence-electron chi connectivity index (χ3n) is 2.44. The summed E-state index contributed by atoms with van der Waals surface area (Å²) in [6, 6.07) is 0. The molecule has 0 saturated carbocycles. The fraction of sp³-hybridized carbons (Fsp3) is 0.300. The van der Waals surface area contributed by atoms with Crippen molar-refractivity contribution >= 4 is 17.1 Å². The second-order valence-electron chi connectivity index (χ2n) is 3.88. The molecule has 17 heavy (non-hydrogen) atoms. The quantitative estimate of drug-likeness (QED) is 0.629. The van der Waals surface area contributed by atoms with Gasteiger partial charge in [0, 0.05) is 0 Å². The van der Waals surface area contributed by atoms with Crippen LogP contribution in [-0.2, 0) is 6.54 Å². The number of H-pyrrole nitrogens is 1. The topological polar surface area (TPSA) is 110 Å². The molecule has 2 rings (SSSR count). The molecule has 90 valence electrons. The van der Waals surface area contributed by atoms with E-state index in [2.05, 4.69) is 21.5 Å². The van der Waals surface area contributed by atoms with E-state index in [1.807, 2.05) is 0 Å². The van der Waals surface area contributed by atoms with Gasteiger partial charge >= 0.3 is 0 Å². The van der Waals surface area contributed by atoms with Crippen LogP contribution in [0.1, 0.15) is 6.92 Å². The Bertz CT molecular complexity index is 627. The van der Waals surface area contributed by atoms with Gasteiger partial charge in [0.05, 0.1) is 19.0 Å². The lowest BCUT2D eigenvalue weighted by Gasteiger charge is -2.10. The molecule has 0 aliphatic carbocycles. The maximum atomic E-state index is 11.7. The second-order valence-corrected chi connectivity index (χ2v) is 3.88. The van der Waals surface area contributed by atoms with Crippen LogP contribution in [0.4, 0.5) is 5.95 Å². The molecule has 0 aromatic carbocycles. The van der Waals surface area contributed by atoms with Crippen LogP contribution in [0.15, 0.2) is 23.3 Å². The number of imidazole rings is 1. The van der Waals surface area contributed by atoms with Crippen LogP contribution in [0.25, 0.3) is 11.2 Å². The number of hydrogen-bond donors (Lipinski definition) is 3. The number of fused-ring (bicyclic) bond motifs is 1. The van der Waals surface area contributed by atoms with Crippen molar-refractivity contribution in [3.05, 3.63) is 28.8 Å². The van der Waals surface area contributed by atoms with Gasteiger partial charge in [-0.1, -0.05) is 12.2 Å². The highest BCUT2D eigenvalue weighted by Crippen LogP contribution is 2.09. The maximum absolute atomic E-state index is 11.7. The van der Waals surface area contributed by atoms with Gasteiger partial charge in [-0.05, 0) is 6.92 Å². The molecule has 0 saturated heterocycles. The van der Waals surface area contributed by atoms with Gasteiger partial charge in [-0.15, -0.1) is 0 Å². The van der Waals surface area contributed by atoms with Crippen LogP contribution < -0.4 is 11.3 Å². The van der Waals surface area contributed by atoms with Crippen molar-refractivity contribution in [3.63, 3.8) is 0 Å². The lowest BCUT2D eigenvalue weighted by molar-refractivity contribution is 0.191. The van der Waals surface area contributed by atoms with Gasteiger partial charge in [-0.2, -0.15) is 4.98 Å². The predicted octanol–water partition coefficient (Wildman–Crippen LogP) is -0.361. The minimum Gasteiger partial charge on any atom is -0.387 e. The SMILES string of the molecule is C=C(C)C(O)Cn1cnc2nc(N)[nH]c(=O)c21. The van der Waals surface area contributed by atoms with Crippen molar-refractivity contribution in [1.29, 1.82) is 0 Å². The third-order valence-corrected chi connectivity index (χ3v) is 2.44. The van der Waals surface area contributed by atoms with Crippen molar-refractivity contribution in [1.82, 2.24) is 19.5 Å². The number of aromatic nitrogens is 4. The maximum Gasteiger partial charge on any atom is 0.278 e. The average molecular weight is 235 g/mol. The zero-order valence-corrected chi connectivity index (χ0v) is 9.34. The summed E-state index contributed by atoms with van der Waals surface area (Å²) in [5.41, 5.74) is 6.20. The second kappa shape index (κ2) is 4.02. The molecule has 0 radical (unpaired) electrons. The zero-order chi connectivity index (χ0) is 12.6. The van der Waals surface area contributed by atoms with Gasteiger partial charge in [0.15, 0.2) is 11.2 Å². The summed E-state index contributed by atoms with van der Waals surface area (Å²) in [5.74, 6) is 0.0215. The fourth-order valence-corrected chi connectivity index (χ4v) is 1.48. The van der Waals surface area contributed by atoms with Crippen LogP contribution >= 0.6 is 0 Å². The van der Waals surface area contributed by atoms with E-state index in [4.69, 9.17) is 5.73 Å². The van der Waals surface area contributed by atoms with E-state index in [0.717, 1.165) is 0 Å². The molecule has 7 nitrogen and oxygen atoms in total. The molecule has 2 aromatic rings. The number of nitrogen functional groups attached to an aromatic ring is 1. The summed E-state index contributed by atoms with van der Waals surface area (Å²) in [6.07, 6.45) is 0.711. The number of aromatic amines is 1. The summed E-state index contributed by atoms with van der Waals surface area (Å²) in [7, 11) is 0. The Labute approximate surface area is 96.6 Å². The number of hydrogen-bond acceptors (Lipinski definition) is 5. The van der Waals surface area contributed by atoms with Crippen molar-refractivity contribution in [2.24, 2.45) is 0 Å². The summed E-state index contributed by atoms with van der Waals surface area (Å²) in [4.78, 5) is 21.9. The highest BCUT2D eigenvalue weighted by atomic mass is 16.3. The van der Waals surface area contributed by atoms with Gasteiger partial charge in [0.25, 0.3) is 5.56 Å². The van der Waals surface area contributed by atoms with Crippen molar-refractivity contribution in [2.45, 2.75) is 19.6 Å². The van der Waals surface area contributed by atoms with Gasteiger partial charge in [-0.3, -0.25) is 9.78 Å². The first kappa shape index (κ1) is 11.3. The molecule has 2 heterocycles. The van der Waals surface area contributed by atoms with E-state index in [9.17, 15) is 9.90 Å². The van der Waals surface area contributed by atoms with Crippen molar-refractivity contribution in [3.8, 4) is 0 Å². The van der Waals surface area contributed by atoms with Crippen LogP contribution in [0.2, 0.25) is 0 Å². The standard InChI is InChI=1S/C10H13N5O2/c1-5(2)6(16)3-15-4-12-8-7(15)9(17)14-10(11)13-8/h4,6,16H,1,3H2,2H3,(H3,11,13,14,17). The summed E-state index contributed by atoms with van der Waals surface area (Å²) < 4.78 is 1.53. The molecule has 2 aromatic heterocycles. The Hall–Kier alpha value is -2.15. The van der Waals surface area contributed by atoms with E-state index >= 15 is 0 Å². The van der Waals surface area contributed by atoms with Crippen molar-refractivity contribution < 1.29 is 5.11 Å². The number of rotatable bonds is 3. The number of nitrogens with two attached hydrogens (primary N) is 1. The van der Waals surface area contributed by atoms with Crippen LogP contribution in [-0.4, -0.2) is 30.7 Å². The number of nitrogens with one attached hydrogen (secondary N) is 1. The predicted molar refractivity (Wildman–Crippen MR) is 63.4 cm³/mol. The fourth-order valence-electron chi connectivity index (χ4n) is 1.48. The molecule has 0 spiro atoms. The summed E-state index contributed by atoms with van der Waals surface area (Å²) in [6.45, 7) is 5.57. The van der Waals surface area contributed by atoms with E-state index in [1.54, 1.807) is 6.92 Å². The Balaban J connectivity index is 2.50. The Morgan fingerprint density at radius 3 is 3.12 bits per heavy atom. The smallest absolute Gasteiger partial charge is 0.278 e. The van der Waals surface area contributed by atoms with Crippen LogP contribution in [0, 0.1) is 0 Å². The summed E-state index contributed by atoms with van der Waals surface area (Å²) >= 11 is 0. The summed E-state index contributed by atoms with van der Waals surface area (Å²) in [5, 5.41) is 9.70. The molecule has 0 aliphatic heterocycles. The van der Waals surface area contributed by atoms with Gasteiger partial charge < -0.3 is 15.4 Å². The molecule has 4 N–H and O–H groups in total. The Morgan fingerprint density at radius 2 is 2.47 bits per heavy atom. The molecular formula is C10H13N5O2. The van der Waals surface area contributed by atoms with E-state index in [1.165, 1.54) is 10.9 Å². The minimum absolute atomic E-state index is 0.0215. The van der Waals surface area contributed by atoms with Crippen LogP contribution in [0.3, 0.4) is 0 Å². The number of nitrogens with zero attached hydrogens (tertiary/aromatic N) is 3. The zero-order valence-electron chi connectivity index (χ0n) is 9.34. The number of anilines is 1. The first-order valence-electron chi connectivity index (χ1n) is 5.03. The minimum atomic E-state index is -0.732.